The van der Waals surface area contributed by atoms with Crippen molar-refractivity contribution < 1.29 is 9.53 Å². The fourth-order valence-electron chi connectivity index (χ4n) is 2.74. The molecule has 0 spiro atoms. The maximum absolute atomic E-state index is 11.8. The number of piperidine rings is 1. The molecule has 25 heavy (non-hydrogen) atoms. The summed E-state index contributed by atoms with van der Waals surface area (Å²) in [5, 5.41) is 9.69. The topological polar surface area (TPSA) is 78.0 Å². The monoisotopic (exact) mass is 355 g/mol. The first-order valence-corrected chi connectivity index (χ1v) is 9.33. The second-order valence-electron chi connectivity index (χ2n) is 7.61. The minimum Gasteiger partial charge on any atom is -0.385 e. The first-order valence-electron chi connectivity index (χ1n) is 9.33. The van der Waals surface area contributed by atoms with E-state index in [1.54, 1.807) is 14.2 Å². The lowest BCUT2D eigenvalue weighted by molar-refractivity contribution is -0.128. The van der Waals surface area contributed by atoms with Crippen LogP contribution in [0.2, 0.25) is 0 Å². The van der Waals surface area contributed by atoms with E-state index in [0.29, 0.717) is 19.1 Å². The lowest BCUT2D eigenvalue weighted by atomic mass is 9.96. The van der Waals surface area contributed by atoms with Gasteiger partial charge in [0.05, 0.1) is 0 Å². The van der Waals surface area contributed by atoms with Gasteiger partial charge in [-0.25, -0.2) is 0 Å². The van der Waals surface area contributed by atoms with Gasteiger partial charge in [0.15, 0.2) is 5.96 Å². The Balaban J connectivity index is 2.19. The van der Waals surface area contributed by atoms with Crippen molar-refractivity contribution in [1.29, 1.82) is 0 Å². The van der Waals surface area contributed by atoms with Crippen LogP contribution in [0, 0.1) is 5.41 Å². The van der Waals surface area contributed by atoms with Crippen LogP contribution in [0.1, 0.15) is 40.0 Å². The maximum atomic E-state index is 11.8. The Hall–Kier alpha value is -1.34. The minimum atomic E-state index is -0.350. The molecule has 0 unspecified atom stereocenters. The molecular formula is C18H37N5O2. The SMILES string of the molecule is CN=C(NCCNC(=O)C(C)(C)C)NC1CCN(CCCOC)CC1. The van der Waals surface area contributed by atoms with Crippen molar-refractivity contribution in [1.82, 2.24) is 20.9 Å². The molecule has 7 nitrogen and oxygen atoms in total. The van der Waals surface area contributed by atoms with Crippen LogP contribution in [0.15, 0.2) is 4.99 Å². The number of amides is 1. The van der Waals surface area contributed by atoms with Gasteiger partial charge in [0, 0.05) is 64.9 Å². The number of aliphatic imine (C=N–C) groups is 1. The molecular weight excluding hydrogens is 318 g/mol. The second kappa shape index (κ2) is 11.3. The summed E-state index contributed by atoms with van der Waals surface area (Å²) < 4.78 is 5.11. The number of rotatable bonds is 8. The Morgan fingerprint density at radius 1 is 1.20 bits per heavy atom. The van der Waals surface area contributed by atoms with Crippen molar-refractivity contribution in [3.8, 4) is 0 Å². The van der Waals surface area contributed by atoms with E-state index in [0.717, 1.165) is 51.5 Å². The fraction of sp³-hybridized carbons (Fsp3) is 0.889. The van der Waals surface area contributed by atoms with Crippen LogP contribution in [0.4, 0.5) is 0 Å². The molecule has 146 valence electrons. The predicted octanol–water partition coefficient (Wildman–Crippen LogP) is 0.815. The quantitative estimate of drug-likeness (QED) is 0.341. The molecule has 1 amide bonds. The Morgan fingerprint density at radius 2 is 1.84 bits per heavy atom. The van der Waals surface area contributed by atoms with E-state index in [4.69, 9.17) is 4.74 Å². The summed E-state index contributed by atoms with van der Waals surface area (Å²) in [5.41, 5.74) is -0.350. The van der Waals surface area contributed by atoms with Crippen molar-refractivity contribution in [2.75, 3.05) is 53.5 Å². The van der Waals surface area contributed by atoms with E-state index >= 15 is 0 Å². The third-order valence-corrected chi connectivity index (χ3v) is 4.36. The van der Waals surface area contributed by atoms with Gasteiger partial charge in [0.25, 0.3) is 0 Å². The van der Waals surface area contributed by atoms with Crippen molar-refractivity contribution in [2.45, 2.75) is 46.1 Å². The van der Waals surface area contributed by atoms with Gasteiger partial charge in [-0.1, -0.05) is 20.8 Å². The number of nitrogens with one attached hydrogen (secondary N) is 3. The Labute approximate surface area is 153 Å². The molecule has 0 saturated carbocycles. The molecule has 0 aromatic rings. The van der Waals surface area contributed by atoms with Gasteiger partial charge < -0.3 is 25.6 Å². The highest BCUT2D eigenvalue weighted by molar-refractivity contribution is 5.82. The van der Waals surface area contributed by atoms with Gasteiger partial charge in [-0.05, 0) is 19.3 Å². The normalized spacial score (nSPS) is 17.4. The predicted molar refractivity (Wildman–Crippen MR) is 103 cm³/mol. The molecule has 0 aromatic heterocycles. The Kier molecular flexibility index (Phi) is 9.82. The Morgan fingerprint density at radius 3 is 2.40 bits per heavy atom. The van der Waals surface area contributed by atoms with Crippen molar-refractivity contribution >= 4 is 11.9 Å². The molecule has 0 bridgehead atoms. The third-order valence-electron chi connectivity index (χ3n) is 4.36. The van der Waals surface area contributed by atoms with Crippen LogP contribution in [0.5, 0.6) is 0 Å². The summed E-state index contributed by atoms with van der Waals surface area (Å²) in [6.07, 6.45) is 3.33. The number of likely N-dealkylation sites (tertiary alicyclic amines) is 1. The molecule has 1 saturated heterocycles. The largest absolute Gasteiger partial charge is 0.385 e. The van der Waals surface area contributed by atoms with E-state index < -0.39 is 0 Å². The van der Waals surface area contributed by atoms with E-state index in [-0.39, 0.29) is 11.3 Å². The van der Waals surface area contributed by atoms with Crippen molar-refractivity contribution in [2.24, 2.45) is 10.4 Å². The molecule has 1 rings (SSSR count). The number of hydrogen-bond acceptors (Lipinski definition) is 4. The molecule has 1 aliphatic rings. The van der Waals surface area contributed by atoms with Gasteiger partial charge in [-0.15, -0.1) is 0 Å². The Bertz CT molecular complexity index is 412. The first-order chi connectivity index (χ1) is 11.9. The summed E-state index contributed by atoms with van der Waals surface area (Å²) in [4.78, 5) is 18.6. The zero-order chi connectivity index (χ0) is 18.7. The average Bonchev–Trinajstić information content (AvgIpc) is 2.58. The number of ether oxygens (including phenoxy) is 1. The smallest absolute Gasteiger partial charge is 0.225 e. The van der Waals surface area contributed by atoms with Crippen LogP contribution in [0.3, 0.4) is 0 Å². The number of hydrogen-bond donors (Lipinski definition) is 3. The molecule has 1 aliphatic heterocycles. The molecule has 0 aromatic carbocycles. The molecule has 7 heteroatoms. The summed E-state index contributed by atoms with van der Waals surface area (Å²) in [6, 6.07) is 0.453. The lowest BCUT2D eigenvalue weighted by Crippen LogP contribution is -2.50. The summed E-state index contributed by atoms with van der Waals surface area (Å²) in [6.45, 7) is 11.2. The number of guanidine groups is 1. The van der Waals surface area contributed by atoms with Gasteiger partial charge in [0.1, 0.15) is 0 Å². The highest BCUT2D eigenvalue weighted by Crippen LogP contribution is 2.12. The number of carbonyl (C=O) groups is 1. The lowest BCUT2D eigenvalue weighted by Gasteiger charge is -2.33. The zero-order valence-electron chi connectivity index (χ0n) is 16.7. The number of carbonyl (C=O) groups excluding carboxylic acids is 1. The molecule has 0 radical (unpaired) electrons. The molecule has 3 N–H and O–H groups in total. The second-order valence-corrected chi connectivity index (χ2v) is 7.61. The van der Waals surface area contributed by atoms with Gasteiger partial charge in [-0.2, -0.15) is 0 Å². The van der Waals surface area contributed by atoms with Crippen molar-refractivity contribution in [3.05, 3.63) is 0 Å². The van der Waals surface area contributed by atoms with Gasteiger partial charge >= 0.3 is 0 Å². The summed E-state index contributed by atoms with van der Waals surface area (Å²) >= 11 is 0. The van der Waals surface area contributed by atoms with Gasteiger partial charge in [0.2, 0.25) is 5.91 Å². The summed E-state index contributed by atoms with van der Waals surface area (Å²) in [7, 11) is 3.53. The average molecular weight is 356 g/mol. The van der Waals surface area contributed by atoms with Crippen LogP contribution < -0.4 is 16.0 Å². The molecule has 1 heterocycles. The number of methoxy groups -OCH3 is 1. The minimum absolute atomic E-state index is 0.0677. The summed E-state index contributed by atoms with van der Waals surface area (Å²) in [5.74, 6) is 0.876. The van der Waals surface area contributed by atoms with E-state index in [1.165, 1.54) is 0 Å². The van der Waals surface area contributed by atoms with E-state index in [1.807, 2.05) is 20.8 Å². The van der Waals surface area contributed by atoms with Gasteiger partial charge in [-0.3, -0.25) is 9.79 Å². The van der Waals surface area contributed by atoms with Crippen LogP contribution >= 0.6 is 0 Å². The molecule has 0 aliphatic carbocycles. The van der Waals surface area contributed by atoms with Crippen LogP contribution in [0.25, 0.3) is 0 Å². The standard InChI is InChI=1S/C18H37N5O2/c1-18(2,3)16(24)20-9-10-21-17(19-4)22-15-7-12-23(13-8-15)11-6-14-25-5/h15H,6-14H2,1-5H3,(H,20,24)(H2,19,21,22). The van der Waals surface area contributed by atoms with E-state index in [9.17, 15) is 4.79 Å². The number of nitrogens with zero attached hydrogens (tertiary/aromatic N) is 2. The first kappa shape index (κ1) is 21.7. The maximum Gasteiger partial charge on any atom is 0.225 e. The third kappa shape index (κ3) is 9.07. The van der Waals surface area contributed by atoms with Crippen molar-refractivity contribution in [3.63, 3.8) is 0 Å². The van der Waals surface area contributed by atoms with Crippen LogP contribution in [-0.4, -0.2) is 76.3 Å². The molecule has 1 fully saturated rings. The molecule has 0 atom stereocenters. The van der Waals surface area contributed by atoms with Crippen LogP contribution in [-0.2, 0) is 9.53 Å². The highest BCUT2D eigenvalue weighted by atomic mass is 16.5. The van der Waals surface area contributed by atoms with E-state index in [2.05, 4.69) is 25.8 Å². The fourth-order valence-corrected chi connectivity index (χ4v) is 2.74. The zero-order valence-corrected chi connectivity index (χ0v) is 16.7. The highest BCUT2D eigenvalue weighted by Gasteiger charge is 2.21.